The van der Waals surface area contributed by atoms with Crippen molar-refractivity contribution in [2.24, 2.45) is 0 Å². The Bertz CT molecular complexity index is 709. The number of carbonyl (C=O) groups is 1. The van der Waals surface area contributed by atoms with E-state index in [9.17, 15) is 13.2 Å². The molecule has 0 unspecified atom stereocenters. The number of sulfonamides is 1. The van der Waals surface area contributed by atoms with Crippen molar-refractivity contribution in [2.75, 3.05) is 27.2 Å². The second-order valence-corrected chi connectivity index (χ2v) is 8.50. The Hall–Kier alpha value is -1.15. The first kappa shape index (κ1) is 20.2. The number of methoxy groups -OCH3 is 1. The first-order valence-corrected chi connectivity index (χ1v) is 9.74. The molecule has 25 heavy (non-hydrogen) atoms. The molecular weight excluding hydrogens is 364 g/mol. The van der Waals surface area contributed by atoms with Gasteiger partial charge < -0.3 is 10.1 Å². The number of esters is 1. The number of rotatable bonds is 5. The molecule has 0 spiro atoms. The van der Waals surface area contributed by atoms with E-state index < -0.39 is 15.4 Å². The summed E-state index contributed by atoms with van der Waals surface area (Å²) in [7, 11) is -0.182. The molecule has 1 N–H and O–H groups in total. The van der Waals surface area contributed by atoms with Gasteiger partial charge in [0, 0.05) is 19.1 Å². The number of nitrogens with one attached hydrogen (secondary N) is 1. The Morgan fingerprint density at radius 3 is 2.20 bits per heavy atom. The molecule has 6 nitrogen and oxygen atoms in total. The lowest BCUT2D eigenvalue weighted by molar-refractivity contribution is -0.143. The standard InChI is InChI=1S/C17H24N2O4S.ClH/c1-18-14-7-11-19(12-8-14)24(21,22)15-5-3-13(4-6-15)17(9-10-17)16(20)23-2;/h3-6,14,18H,7-12H2,1-2H3;1H. The molecule has 0 radical (unpaired) electrons. The molecule has 1 aromatic rings. The molecule has 1 heterocycles. The van der Waals surface area contributed by atoms with Crippen LogP contribution in [-0.4, -0.2) is 52.0 Å². The van der Waals surface area contributed by atoms with Crippen molar-refractivity contribution in [3.05, 3.63) is 29.8 Å². The molecule has 0 bridgehead atoms. The van der Waals surface area contributed by atoms with E-state index in [1.165, 1.54) is 7.11 Å². The maximum Gasteiger partial charge on any atom is 0.316 e. The van der Waals surface area contributed by atoms with Gasteiger partial charge in [0.2, 0.25) is 10.0 Å². The average molecular weight is 389 g/mol. The molecule has 1 aromatic carbocycles. The van der Waals surface area contributed by atoms with Crippen LogP contribution in [0.2, 0.25) is 0 Å². The van der Waals surface area contributed by atoms with Crippen LogP contribution in [0, 0.1) is 0 Å². The summed E-state index contributed by atoms with van der Waals surface area (Å²) in [6.07, 6.45) is 3.14. The van der Waals surface area contributed by atoms with Crippen molar-refractivity contribution in [3.8, 4) is 0 Å². The third kappa shape index (κ3) is 3.69. The average Bonchev–Trinajstić information content (AvgIpc) is 3.43. The van der Waals surface area contributed by atoms with Crippen LogP contribution < -0.4 is 5.32 Å². The quantitative estimate of drug-likeness (QED) is 0.777. The summed E-state index contributed by atoms with van der Waals surface area (Å²) in [4.78, 5) is 12.2. The van der Waals surface area contributed by atoms with E-state index in [0.717, 1.165) is 31.2 Å². The number of halogens is 1. The van der Waals surface area contributed by atoms with Crippen LogP contribution in [0.1, 0.15) is 31.2 Å². The minimum atomic E-state index is -3.47. The summed E-state index contributed by atoms with van der Waals surface area (Å²) in [5, 5.41) is 3.20. The minimum absolute atomic E-state index is 0. The van der Waals surface area contributed by atoms with E-state index in [1.54, 1.807) is 28.6 Å². The maximum atomic E-state index is 12.8. The van der Waals surface area contributed by atoms with Gasteiger partial charge in [-0.1, -0.05) is 12.1 Å². The number of hydrogen-bond acceptors (Lipinski definition) is 5. The normalized spacial score (nSPS) is 20.6. The molecule has 0 atom stereocenters. The fourth-order valence-electron chi connectivity index (χ4n) is 3.41. The van der Waals surface area contributed by atoms with Gasteiger partial charge in [0.15, 0.2) is 0 Å². The zero-order valence-corrected chi connectivity index (χ0v) is 16.2. The highest BCUT2D eigenvalue weighted by Crippen LogP contribution is 2.49. The molecule has 0 aromatic heterocycles. The Balaban J connectivity index is 0.00000225. The molecule has 8 heteroatoms. The molecule has 1 saturated heterocycles. The first-order valence-electron chi connectivity index (χ1n) is 8.30. The van der Waals surface area contributed by atoms with Crippen molar-refractivity contribution in [3.63, 3.8) is 0 Å². The largest absolute Gasteiger partial charge is 0.468 e. The van der Waals surface area contributed by atoms with Crippen LogP contribution in [-0.2, 0) is 25.0 Å². The van der Waals surface area contributed by atoms with E-state index in [0.29, 0.717) is 19.1 Å². The summed E-state index contributed by atoms with van der Waals surface area (Å²) in [6, 6.07) is 7.10. The van der Waals surface area contributed by atoms with Gasteiger partial charge in [0.25, 0.3) is 0 Å². The number of benzene rings is 1. The van der Waals surface area contributed by atoms with Gasteiger partial charge >= 0.3 is 5.97 Å². The van der Waals surface area contributed by atoms with Crippen LogP contribution in [0.15, 0.2) is 29.2 Å². The van der Waals surface area contributed by atoms with Gasteiger partial charge in [-0.15, -0.1) is 12.4 Å². The van der Waals surface area contributed by atoms with Gasteiger partial charge in [-0.05, 0) is 50.4 Å². The Morgan fingerprint density at radius 1 is 1.20 bits per heavy atom. The lowest BCUT2D eigenvalue weighted by Crippen LogP contribution is -2.43. The number of carbonyl (C=O) groups excluding carboxylic acids is 1. The molecule has 0 amide bonds. The topological polar surface area (TPSA) is 75.7 Å². The number of hydrogen-bond donors (Lipinski definition) is 1. The molecule has 1 aliphatic heterocycles. The molecule has 2 fully saturated rings. The molecule has 2 aliphatic rings. The van der Waals surface area contributed by atoms with Crippen molar-refractivity contribution < 1.29 is 17.9 Å². The number of ether oxygens (including phenoxy) is 1. The highest BCUT2D eigenvalue weighted by atomic mass is 35.5. The zero-order valence-electron chi connectivity index (χ0n) is 14.5. The van der Waals surface area contributed by atoms with E-state index in [2.05, 4.69) is 5.32 Å². The van der Waals surface area contributed by atoms with Gasteiger partial charge in [-0.3, -0.25) is 4.79 Å². The smallest absolute Gasteiger partial charge is 0.316 e. The van der Waals surface area contributed by atoms with E-state index >= 15 is 0 Å². The first-order chi connectivity index (χ1) is 11.4. The molecule has 1 aliphatic carbocycles. The predicted octanol–water partition coefficient (Wildman–Crippen LogP) is 1.69. The van der Waals surface area contributed by atoms with Crippen molar-refractivity contribution in [1.82, 2.24) is 9.62 Å². The van der Waals surface area contributed by atoms with E-state index in [4.69, 9.17) is 4.74 Å². The SMILES string of the molecule is CNC1CCN(S(=O)(=O)c2ccc(C3(C(=O)OC)CC3)cc2)CC1.Cl. The van der Waals surface area contributed by atoms with Crippen LogP contribution >= 0.6 is 12.4 Å². The maximum absolute atomic E-state index is 12.8. The molecule has 1 saturated carbocycles. The third-order valence-electron chi connectivity index (χ3n) is 5.23. The second-order valence-electron chi connectivity index (χ2n) is 6.57. The van der Waals surface area contributed by atoms with Gasteiger partial charge in [-0.2, -0.15) is 4.31 Å². The van der Waals surface area contributed by atoms with Gasteiger partial charge in [0.05, 0.1) is 17.4 Å². The van der Waals surface area contributed by atoms with Crippen molar-refractivity contribution >= 4 is 28.4 Å². The lowest BCUT2D eigenvalue weighted by Gasteiger charge is -2.31. The highest BCUT2D eigenvalue weighted by molar-refractivity contribution is 7.89. The van der Waals surface area contributed by atoms with Crippen LogP contribution in [0.5, 0.6) is 0 Å². The third-order valence-corrected chi connectivity index (χ3v) is 7.15. The number of piperidine rings is 1. The van der Waals surface area contributed by atoms with Gasteiger partial charge in [0.1, 0.15) is 0 Å². The van der Waals surface area contributed by atoms with Crippen molar-refractivity contribution in [2.45, 2.75) is 42.0 Å². The fraction of sp³-hybridized carbons (Fsp3) is 0.588. The minimum Gasteiger partial charge on any atom is -0.468 e. The van der Waals surface area contributed by atoms with Crippen LogP contribution in [0.4, 0.5) is 0 Å². The summed E-state index contributed by atoms with van der Waals surface area (Å²) >= 11 is 0. The summed E-state index contributed by atoms with van der Waals surface area (Å²) in [6.45, 7) is 1.06. The van der Waals surface area contributed by atoms with E-state index in [-0.39, 0.29) is 23.3 Å². The second kappa shape index (κ2) is 7.61. The lowest BCUT2D eigenvalue weighted by atomic mass is 9.96. The molecule has 140 valence electrons. The summed E-state index contributed by atoms with van der Waals surface area (Å²) in [5.41, 5.74) is 0.268. The predicted molar refractivity (Wildman–Crippen MR) is 97.5 cm³/mol. The number of nitrogens with zero attached hydrogens (tertiary/aromatic N) is 1. The summed E-state index contributed by atoms with van der Waals surface area (Å²) in [5.74, 6) is -0.243. The zero-order chi connectivity index (χ0) is 17.4. The van der Waals surface area contributed by atoms with Crippen LogP contribution in [0.3, 0.4) is 0 Å². The Morgan fingerprint density at radius 2 is 1.76 bits per heavy atom. The van der Waals surface area contributed by atoms with Gasteiger partial charge in [-0.25, -0.2) is 8.42 Å². The van der Waals surface area contributed by atoms with Crippen molar-refractivity contribution in [1.29, 1.82) is 0 Å². The monoisotopic (exact) mass is 388 g/mol. The highest BCUT2D eigenvalue weighted by Gasteiger charge is 2.52. The van der Waals surface area contributed by atoms with Crippen LogP contribution in [0.25, 0.3) is 0 Å². The summed E-state index contributed by atoms with van der Waals surface area (Å²) < 4.78 is 31.9. The fourth-order valence-corrected chi connectivity index (χ4v) is 4.88. The Labute approximate surface area is 155 Å². The van der Waals surface area contributed by atoms with E-state index in [1.807, 2.05) is 7.05 Å². The Kier molecular flexibility index (Phi) is 6.14. The molecule has 3 rings (SSSR count). The molecular formula is C17H25ClN2O4S.